The molecule has 2 unspecified atom stereocenters. The Morgan fingerprint density at radius 2 is 2.00 bits per heavy atom. The molecule has 1 amide bonds. The quantitative estimate of drug-likeness (QED) is 0.811. The van der Waals surface area contributed by atoms with Crippen LogP contribution in [-0.4, -0.2) is 22.1 Å². The van der Waals surface area contributed by atoms with Crippen molar-refractivity contribution in [1.82, 2.24) is 10.3 Å². The van der Waals surface area contributed by atoms with Crippen molar-refractivity contribution in [3.8, 4) is 5.75 Å². The molecule has 0 aliphatic heterocycles. The Kier molecular flexibility index (Phi) is 6.53. The summed E-state index contributed by atoms with van der Waals surface area (Å²) >= 11 is 0. The maximum atomic E-state index is 12.6. The first-order valence-corrected chi connectivity index (χ1v) is 8.50. The molecule has 1 aromatic heterocycles. The van der Waals surface area contributed by atoms with Gasteiger partial charge in [0.15, 0.2) is 6.10 Å². The van der Waals surface area contributed by atoms with E-state index >= 15 is 0 Å². The molecule has 0 spiro atoms. The van der Waals surface area contributed by atoms with Gasteiger partial charge in [0, 0.05) is 6.20 Å². The van der Waals surface area contributed by atoms with Crippen molar-refractivity contribution in [2.24, 2.45) is 5.92 Å². The van der Waals surface area contributed by atoms with Crippen LogP contribution in [0.25, 0.3) is 0 Å². The Hall–Kier alpha value is -2.40. The standard InChI is InChI=1S/C20H26N2O3/c1-13(2)18(19-14(3)7-6-10-21-19)22-20(24)15(4)25-17-9-5-8-16(11-17)12-23/h5-11,13,15,18,23H,12H2,1-4H3,(H,22,24). The Labute approximate surface area is 149 Å². The largest absolute Gasteiger partial charge is 0.481 e. The van der Waals surface area contributed by atoms with E-state index in [1.54, 1.807) is 37.4 Å². The number of aromatic nitrogens is 1. The highest BCUT2D eigenvalue weighted by molar-refractivity contribution is 5.81. The maximum absolute atomic E-state index is 12.6. The van der Waals surface area contributed by atoms with Crippen LogP contribution in [0.4, 0.5) is 0 Å². The van der Waals surface area contributed by atoms with Crippen molar-refractivity contribution in [2.45, 2.75) is 46.4 Å². The molecule has 0 fully saturated rings. The first-order chi connectivity index (χ1) is 11.9. The predicted octanol–water partition coefficient (Wildman–Crippen LogP) is 3.16. The summed E-state index contributed by atoms with van der Waals surface area (Å²) in [6, 6.07) is 10.8. The van der Waals surface area contributed by atoms with E-state index in [0.29, 0.717) is 5.75 Å². The lowest BCUT2D eigenvalue weighted by atomic mass is 9.97. The minimum atomic E-state index is -0.654. The SMILES string of the molecule is Cc1cccnc1C(NC(=O)C(C)Oc1cccc(CO)c1)C(C)C. The van der Waals surface area contributed by atoms with E-state index < -0.39 is 6.10 Å². The highest BCUT2D eigenvalue weighted by Gasteiger charge is 2.24. The fourth-order valence-corrected chi connectivity index (χ4v) is 2.62. The zero-order valence-corrected chi connectivity index (χ0v) is 15.2. The summed E-state index contributed by atoms with van der Waals surface area (Å²) in [6.45, 7) is 7.74. The fourth-order valence-electron chi connectivity index (χ4n) is 2.62. The molecule has 2 aromatic rings. The third-order valence-electron chi connectivity index (χ3n) is 4.07. The summed E-state index contributed by atoms with van der Waals surface area (Å²) in [5, 5.41) is 12.2. The Morgan fingerprint density at radius 1 is 1.24 bits per heavy atom. The number of amides is 1. The number of benzene rings is 1. The van der Waals surface area contributed by atoms with Crippen LogP contribution < -0.4 is 10.1 Å². The lowest BCUT2D eigenvalue weighted by molar-refractivity contribution is -0.128. The third kappa shape index (κ3) is 5.03. The van der Waals surface area contributed by atoms with Crippen molar-refractivity contribution in [3.63, 3.8) is 0 Å². The van der Waals surface area contributed by atoms with E-state index in [2.05, 4.69) is 24.1 Å². The molecule has 1 heterocycles. The van der Waals surface area contributed by atoms with Crippen LogP contribution in [0, 0.1) is 12.8 Å². The number of aliphatic hydroxyl groups excluding tert-OH is 1. The van der Waals surface area contributed by atoms with Gasteiger partial charge in [-0.15, -0.1) is 0 Å². The van der Waals surface area contributed by atoms with Gasteiger partial charge in [-0.2, -0.15) is 0 Å². The molecule has 0 bridgehead atoms. The molecule has 2 atom stereocenters. The molecule has 2 rings (SSSR count). The monoisotopic (exact) mass is 342 g/mol. The molecule has 0 saturated heterocycles. The molecule has 2 N–H and O–H groups in total. The number of ether oxygens (including phenoxy) is 1. The van der Waals surface area contributed by atoms with E-state index in [9.17, 15) is 9.90 Å². The van der Waals surface area contributed by atoms with E-state index in [-0.39, 0.29) is 24.5 Å². The summed E-state index contributed by atoms with van der Waals surface area (Å²) < 4.78 is 5.72. The average molecular weight is 342 g/mol. The topological polar surface area (TPSA) is 71.5 Å². The Morgan fingerprint density at radius 3 is 2.64 bits per heavy atom. The van der Waals surface area contributed by atoms with Crippen LogP contribution in [0.5, 0.6) is 5.75 Å². The fraction of sp³-hybridized carbons (Fsp3) is 0.400. The van der Waals surface area contributed by atoms with E-state index in [0.717, 1.165) is 16.8 Å². The zero-order chi connectivity index (χ0) is 18.4. The molecular weight excluding hydrogens is 316 g/mol. The summed E-state index contributed by atoms with van der Waals surface area (Å²) in [5.41, 5.74) is 2.67. The Balaban J connectivity index is 2.08. The lowest BCUT2D eigenvalue weighted by Gasteiger charge is -2.25. The summed E-state index contributed by atoms with van der Waals surface area (Å²) in [7, 11) is 0. The molecule has 0 aliphatic carbocycles. The average Bonchev–Trinajstić information content (AvgIpc) is 2.60. The van der Waals surface area contributed by atoms with Crippen molar-refractivity contribution in [2.75, 3.05) is 0 Å². The summed E-state index contributed by atoms with van der Waals surface area (Å²) in [5.74, 6) is 0.560. The number of nitrogens with zero attached hydrogens (tertiary/aromatic N) is 1. The number of aryl methyl sites for hydroxylation is 1. The van der Waals surface area contributed by atoms with Crippen molar-refractivity contribution in [1.29, 1.82) is 0 Å². The van der Waals surface area contributed by atoms with Crippen LogP contribution in [0.15, 0.2) is 42.6 Å². The van der Waals surface area contributed by atoms with Crippen LogP contribution in [0.2, 0.25) is 0 Å². The van der Waals surface area contributed by atoms with Gasteiger partial charge in [-0.05, 0) is 49.1 Å². The van der Waals surface area contributed by atoms with Crippen molar-refractivity contribution < 1.29 is 14.6 Å². The van der Waals surface area contributed by atoms with Gasteiger partial charge in [-0.25, -0.2) is 0 Å². The van der Waals surface area contributed by atoms with Crippen LogP contribution in [0.1, 0.15) is 43.6 Å². The molecule has 5 nitrogen and oxygen atoms in total. The van der Waals surface area contributed by atoms with Gasteiger partial charge in [-0.3, -0.25) is 9.78 Å². The number of carbonyl (C=O) groups is 1. The van der Waals surface area contributed by atoms with Crippen molar-refractivity contribution in [3.05, 3.63) is 59.4 Å². The van der Waals surface area contributed by atoms with Gasteiger partial charge >= 0.3 is 0 Å². The first kappa shape index (κ1) is 18.9. The molecule has 0 aliphatic rings. The second-order valence-corrected chi connectivity index (χ2v) is 6.50. The number of rotatable bonds is 7. The van der Waals surface area contributed by atoms with Gasteiger partial charge in [0.2, 0.25) is 0 Å². The molecule has 25 heavy (non-hydrogen) atoms. The van der Waals surface area contributed by atoms with E-state index in [4.69, 9.17) is 4.74 Å². The second kappa shape index (κ2) is 8.62. The molecule has 5 heteroatoms. The number of hydrogen-bond donors (Lipinski definition) is 2. The zero-order valence-electron chi connectivity index (χ0n) is 15.2. The first-order valence-electron chi connectivity index (χ1n) is 8.50. The van der Waals surface area contributed by atoms with Gasteiger partial charge in [0.05, 0.1) is 18.3 Å². The van der Waals surface area contributed by atoms with Crippen LogP contribution >= 0.6 is 0 Å². The van der Waals surface area contributed by atoms with E-state index in [1.165, 1.54) is 0 Å². The van der Waals surface area contributed by atoms with Gasteiger partial charge in [-0.1, -0.05) is 32.0 Å². The van der Waals surface area contributed by atoms with Gasteiger partial charge in [0.1, 0.15) is 5.75 Å². The van der Waals surface area contributed by atoms with Gasteiger partial charge < -0.3 is 15.2 Å². The molecule has 134 valence electrons. The molecule has 1 aromatic carbocycles. The van der Waals surface area contributed by atoms with E-state index in [1.807, 2.05) is 19.1 Å². The molecular formula is C20H26N2O3. The highest BCUT2D eigenvalue weighted by Crippen LogP contribution is 2.23. The summed E-state index contributed by atoms with van der Waals surface area (Å²) in [6.07, 6.45) is 1.09. The smallest absolute Gasteiger partial charge is 0.261 e. The lowest BCUT2D eigenvalue weighted by Crippen LogP contribution is -2.40. The number of pyridine rings is 1. The minimum Gasteiger partial charge on any atom is -0.481 e. The number of nitrogens with one attached hydrogen (secondary N) is 1. The molecule has 0 radical (unpaired) electrons. The van der Waals surface area contributed by atoms with Crippen molar-refractivity contribution >= 4 is 5.91 Å². The maximum Gasteiger partial charge on any atom is 0.261 e. The predicted molar refractivity (Wildman–Crippen MR) is 97.2 cm³/mol. The number of carbonyl (C=O) groups excluding carboxylic acids is 1. The van der Waals surface area contributed by atoms with Crippen LogP contribution in [-0.2, 0) is 11.4 Å². The number of hydrogen-bond acceptors (Lipinski definition) is 4. The number of aliphatic hydroxyl groups is 1. The van der Waals surface area contributed by atoms with Crippen LogP contribution in [0.3, 0.4) is 0 Å². The molecule has 0 saturated carbocycles. The minimum absolute atomic E-state index is 0.0633. The highest BCUT2D eigenvalue weighted by atomic mass is 16.5. The Bertz CT molecular complexity index is 716. The van der Waals surface area contributed by atoms with Gasteiger partial charge in [0.25, 0.3) is 5.91 Å². The normalized spacial score (nSPS) is 13.4. The second-order valence-electron chi connectivity index (χ2n) is 6.50. The summed E-state index contributed by atoms with van der Waals surface area (Å²) in [4.78, 5) is 17.0. The third-order valence-corrected chi connectivity index (χ3v) is 4.07.